The van der Waals surface area contributed by atoms with Gasteiger partial charge in [0, 0.05) is 22.6 Å². The SMILES string of the molecule is CCCCC1CCC(C(=O)Nc2ccc3c4c(c(=O)[nH]c3c2)CCC4)CC1. The molecule has 1 aromatic carbocycles. The fourth-order valence-electron chi connectivity index (χ4n) is 4.93. The molecule has 4 nitrogen and oxygen atoms in total. The average Bonchev–Trinajstić information content (AvgIpc) is 3.17. The summed E-state index contributed by atoms with van der Waals surface area (Å²) >= 11 is 0. The van der Waals surface area contributed by atoms with E-state index in [2.05, 4.69) is 17.2 Å². The fourth-order valence-corrected chi connectivity index (χ4v) is 4.93. The lowest BCUT2D eigenvalue weighted by atomic mass is 9.79. The zero-order chi connectivity index (χ0) is 18.8. The number of pyridine rings is 1. The Morgan fingerprint density at radius 2 is 1.93 bits per heavy atom. The van der Waals surface area contributed by atoms with Crippen LogP contribution >= 0.6 is 0 Å². The summed E-state index contributed by atoms with van der Waals surface area (Å²) in [5.74, 6) is 1.06. The number of amides is 1. The van der Waals surface area contributed by atoms with E-state index in [-0.39, 0.29) is 17.4 Å². The number of hydrogen-bond donors (Lipinski definition) is 2. The van der Waals surface area contributed by atoms with Gasteiger partial charge in [0.2, 0.25) is 5.91 Å². The number of rotatable bonds is 5. The van der Waals surface area contributed by atoms with Gasteiger partial charge in [0.05, 0.1) is 5.52 Å². The van der Waals surface area contributed by atoms with Crippen LogP contribution in [-0.4, -0.2) is 10.9 Å². The Kier molecular flexibility index (Phi) is 5.33. The number of aryl methyl sites for hydroxylation is 1. The van der Waals surface area contributed by atoms with Gasteiger partial charge in [-0.3, -0.25) is 9.59 Å². The average molecular weight is 367 g/mol. The van der Waals surface area contributed by atoms with Crippen LogP contribution in [0.15, 0.2) is 23.0 Å². The number of unbranched alkanes of at least 4 members (excludes halogenated alkanes) is 1. The van der Waals surface area contributed by atoms with Crippen molar-refractivity contribution in [3.63, 3.8) is 0 Å². The smallest absolute Gasteiger partial charge is 0.251 e. The second-order valence-electron chi connectivity index (χ2n) is 8.37. The van der Waals surface area contributed by atoms with E-state index < -0.39 is 0 Å². The quantitative estimate of drug-likeness (QED) is 0.786. The zero-order valence-corrected chi connectivity index (χ0v) is 16.3. The van der Waals surface area contributed by atoms with E-state index in [1.807, 2.05) is 18.2 Å². The highest BCUT2D eigenvalue weighted by atomic mass is 16.2. The highest BCUT2D eigenvalue weighted by Gasteiger charge is 2.26. The Bertz CT molecular complexity index is 891. The van der Waals surface area contributed by atoms with Crippen LogP contribution < -0.4 is 10.9 Å². The van der Waals surface area contributed by atoms with Gasteiger partial charge in [-0.1, -0.05) is 32.3 Å². The fraction of sp³-hybridized carbons (Fsp3) is 0.565. The van der Waals surface area contributed by atoms with Gasteiger partial charge in [0.15, 0.2) is 0 Å². The van der Waals surface area contributed by atoms with E-state index in [9.17, 15) is 9.59 Å². The molecular formula is C23H30N2O2. The van der Waals surface area contributed by atoms with Crippen molar-refractivity contribution in [2.75, 3.05) is 5.32 Å². The molecule has 2 aliphatic rings. The van der Waals surface area contributed by atoms with Gasteiger partial charge in [0.25, 0.3) is 5.56 Å². The number of carbonyl (C=O) groups excluding carboxylic acids is 1. The number of aromatic amines is 1. The van der Waals surface area contributed by atoms with Crippen molar-refractivity contribution in [3.8, 4) is 0 Å². The van der Waals surface area contributed by atoms with E-state index >= 15 is 0 Å². The van der Waals surface area contributed by atoms with Crippen molar-refractivity contribution in [1.29, 1.82) is 0 Å². The topological polar surface area (TPSA) is 62.0 Å². The second kappa shape index (κ2) is 7.87. The normalized spacial score (nSPS) is 22.0. The molecular weight excluding hydrogens is 336 g/mol. The molecule has 2 aromatic rings. The number of fused-ring (bicyclic) bond motifs is 3. The summed E-state index contributed by atoms with van der Waals surface area (Å²) in [6.07, 6.45) is 11.1. The Labute approximate surface area is 160 Å². The van der Waals surface area contributed by atoms with Crippen molar-refractivity contribution in [1.82, 2.24) is 4.98 Å². The molecule has 0 atom stereocenters. The van der Waals surface area contributed by atoms with E-state index in [1.165, 1.54) is 37.7 Å². The molecule has 4 rings (SSSR count). The van der Waals surface area contributed by atoms with Gasteiger partial charge < -0.3 is 10.3 Å². The van der Waals surface area contributed by atoms with Gasteiger partial charge in [0.1, 0.15) is 0 Å². The van der Waals surface area contributed by atoms with Crippen LogP contribution in [0.2, 0.25) is 0 Å². The van der Waals surface area contributed by atoms with Gasteiger partial charge >= 0.3 is 0 Å². The lowest BCUT2D eigenvalue weighted by molar-refractivity contribution is -0.121. The number of H-pyrrole nitrogens is 1. The molecule has 0 saturated heterocycles. The van der Waals surface area contributed by atoms with E-state index in [0.29, 0.717) is 0 Å². The van der Waals surface area contributed by atoms with Crippen molar-refractivity contribution in [2.45, 2.75) is 71.1 Å². The third-order valence-electron chi connectivity index (χ3n) is 6.54. The molecule has 0 unspecified atom stereocenters. The summed E-state index contributed by atoms with van der Waals surface area (Å²) < 4.78 is 0. The summed E-state index contributed by atoms with van der Waals surface area (Å²) in [5, 5.41) is 4.21. The predicted octanol–water partition coefficient (Wildman–Crippen LogP) is 4.95. The first-order valence-electron chi connectivity index (χ1n) is 10.6. The molecule has 1 aromatic heterocycles. The predicted molar refractivity (Wildman–Crippen MR) is 110 cm³/mol. The van der Waals surface area contributed by atoms with Crippen molar-refractivity contribution >= 4 is 22.5 Å². The minimum Gasteiger partial charge on any atom is -0.326 e. The summed E-state index contributed by atoms with van der Waals surface area (Å²) in [7, 11) is 0. The van der Waals surface area contributed by atoms with Gasteiger partial charge in [-0.05, 0) is 68.6 Å². The van der Waals surface area contributed by atoms with Crippen LogP contribution in [-0.2, 0) is 17.6 Å². The maximum atomic E-state index is 12.7. The molecule has 1 heterocycles. The van der Waals surface area contributed by atoms with Crippen molar-refractivity contribution < 1.29 is 4.79 Å². The Morgan fingerprint density at radius 3 is 2.70 bits per heavy atom. The third-order valence-corrected chi connectivity index (χ3v) is 6.54. The van der Waals surface area contributed by atoms with Crippen molar-refractivity contribution in [2.24, 2.45) is 11.8 Å². The first-order chi connectivity index (χ1) is 13.2. The first kappa shape index (κ1) is 18.3. The van der Waals surface area contributed by atoms with E-state index in [1.54, 1.807) is 0 Å². The number of aromatic nitrogens is 1. The standard InChI is InChI=1S/C23H30N2O2/c1-2-3-5-15-8-10-16(11-9-15)22(26)24-17-12-13-19-18-6-4-7-20(18)23(27)25-21(19)14-17/h12-16H,2-11H2,1H3,(H,24,26)(H,25,27). The van der Waals surface area contributed by atoms with Crippen LogP contribution in [0, 0.1) is 11.8 Å². The Hall–Kier alpha value is -2.10. The van der Waals surface area contributed by atoms with Crippen LogP contribution in [0.4, 0.5) is 5.69 Å². The highest BCUT2D eigenvalue weighted by Crippen LogP contribution is 2.33. The lowest BCUT2D eigenvalue weighted by Gasteiger charge is -2.27. The molecule has 2 aliphatic carbocycles. The molecule has 1 saturated carbocycles. The van der Waals surface area contributed by atoms with Crippen LogP contribution in [0.1, 0.15) is 69.4 Å². The molecule has 0 bridgehead atoms. The number of hydrogen-bond acceptors (Lipinski definition) is 2. The van der Waals surface area contributed by atoms with Gasteiger partial charge in [-0.15, -0.1) is 0 Å². The molecule has 0 spiro atoms. The molecule has 1 fully saturated rings. The van der Waals surface area contributed by atoms with Crippen LogP contribution in [0.25, 0.3) is 10.9 Å². The third kappa shape index (κ3) is 3.80. The van der Waals surface area contributed by atoms with Crippen LogP contribution in [0.3, 0.4) is 0 Å². The monoisotopic (exact) mass is 366 g/mol. The molecule has 0 aliphatic heterocycles. The first-order valence-corrected chi connectivity index (χ1v) is 10.6. The molecule has 2 N–H and O–H groups in total. The Morgan fingerprint density at radius 1 is 1.15 bits per heavy atom. The highest BCUT2D eigenvalue weighted by molar-refractivity contribution is 5.95. The van der Waals surface area contributed by atoms with Crippen LogP contribution in [0.5, 0.6) is 0 Å². The van der Waals surface area contributed by atoms with E-state index in [4.69, 9.17) is 0 Å². The number of benzene rings is 1. The zero-order valence-electron chi connectivity index (χ0n) is 16.3. The summed E-state index contributed by atoms with van der Waals surface area (Å²) in [6, 6.07) is 5.94. The maximum absolute atomic E-state index is 12.7. The van der Waals surface area contributed by atoms with Gasteiger partial charge in [-0.2, -0.15) is 0 Å². The maximum Gasteiger partial charge on any atom is 0.251 e. The summed E-state index contributed by atoms with van der Waals surface area (Å²) in [4.78, 5) is 28.0. The summed E-state index contributed by atoms with van der Waals surface area (Å²) in [6.45, 7) is 2.24. The second-order valence-corrected chi connectivity index (χ2v) is 8.37. The molecule has 27 heavy (non-hydrogen) atoms. The summed E-state index contributed by atoms with van der Waals surface area (Å²) in [5.41, 5.74) is 3.79. The number of carbonyl (C=O) groups is 1. The lowest BCUT2D eigenvalue weighted by Crippen LogP contribution is -2.27. The van der Waals surface area contributed by atoms with E-state index in [0.717, 1.165) is 60.2 Å². The molecule has 144 valence electrons. The number of nitrogens with one attached hydrogen (secondary N) is 2. The molecule has 4 heteroatoms. The van der Waals surface area contributed by atoms with Crippen molar-refractivity contribution in [3.05, 3.63) is 39.7 Å². The minimum absolute atomic E-state index is 0.0314. The minimum atomic E-state index is 0.0314. The van der Waals surface area contributed by atoms with Gasteiger partial charge in [-0.25, -0.2) is 0 Å². The molecule has 0 radical (unpaired) electrons. The molecule has 1 amide bonds. The largest absolute Gasteiger partial charge is 0.326 e. The number of anilines is 1. The Balaban J connectivity index is 1.44.